The molecule has 0 amide bonds. The van der Waals surface area contributed by atoms with E-state index in [0.29, 0.717) is 0 Å². The summed E-state index contributed by atoms with van der Waals surface area (Å²) in [5, 5.41) is 0. The summed E-state index contributed by atoms with van der Waals surface area (Å²) in [6.07, 6.45) is 4.63. The molecular weight excluding hydrogens is 146 g/mol. The minimum Gasteiger partial charge on any atom is -0.456 e. The van der Waals surface area contributed by atoms with Gasteiger partial charge in [0.05, 0.1) is 6.20 Å². The third-order valence-electron chi connectivity index (χ3n) is 1.43. The number of rotatable bonds is 2. The Morgan fingerprint density at radius 3 is 3.09 bits per heavy atom. The first kappa shape index (κ1) is 6.39. The van der Waals surface area contributed by atoms with E-state index < -0.39 is 5.97 Å². The summed E-state index contributed by atoms with van der Waals surface area (Å²) in [6, 6.07) is 0. The molecule has 4 heteroatoms. The normalized spacial score (nSPS) is 16.4. The highest BCUT2D eigenvalue weighted by Gasteiger charge is 2.27. The first-order valence-electron chi connectivity index (χ1n) is 3.46. The lowest BCUT2D eigenvalue weighted by Gasteiger charge is -1.96. The number of ether oxygens (including phenoxy) is 1. The van der Waals surface area contributed by atoms with Gasteiger partial charge in [-0.25, -0.2) is 9.78 Å². The molecule has 1 heterocycles. The van der Waals surface area contributed by atoms with Crippen molar-refractivity contribution in [1.29, 1.82) is 0 Å². The zero-order valence-corrected chi connectivity index (χ0v) is 5.82. The topological polar surface area (TPSA) is 52.3 Å². The second-order valence-electron chi connectivity index (χ2n) is 2.47. The van der Waals surface area contributed by atoms with E-state index in [0.717, 1.165) is 12.8 Å². The third kappa shape index (κ3) is 1.39. The summed E-state index contributed by atoms with van der Waals surface area (Å²) in [5.74, 6) is -0.234. The fourth-order valence-corrected chi connectivity index (χ4v) is 0.712. The summed E-state index contributed by atoms with van der Waals surface area (Å²) < 4.78 is 9.67. The molecule has 11 heavy (non-hydrogen) atoms. The van der Waals surface area contributed by atoms with Gasteiger partial charge in [-0.15, -0.1) is 0 Å². The van der Waals surface area contributed by atoms with Crippen molar-refractivity contribution in [3.8, 4) is 0 Å². The summed E-state index contributed by atoms with van der Waals surface area (Å²) in [7, 11) is 0. The van der Waals surface area contributed by atoms with Gasteiger partial charge < -0.3 is 9.15 Å². The van der Waals surface area contributed by atoms with Gasteiger partial charge in [0.15, 0.2) is 6.39 Å². The van der Waals surface area contributed by atoms with Crippen LogP contribution in [-0.4, -0.2) is 17.1 Å². The maximum Gasteiger partial charge on any atom is 0.376 e. The van der Waals surface area contributed by atoms with Crippen molar-refractivity contribution in [1.82, 2.24) is 4.98 Å². The number of oxazole rings is 1. The molecule has 1 aliphatic rings. The van der Waals surface area contributed by atoms with Crippen LogP contribution in [0.1, 0.15) is 23.4 Å². The Balaban J connectivity index is 1.99. The molecule has 1 aromatic rings. The second-order valence-corrected chi connectivity index (χ2v) is 2.47. The minimum atomic E-state index is -0.412. The van der Waals surface area contributed by atoms with E-state index in [9.17, 15) is 4.79 Å². The van der Waals surface area contributed by atoms with Crippen LogP contribution in [0, 0.1) is 0 Å². The highest BCUT2D eigenvalue weighted by atomic mass is 16.6. The zero-order valence-electron chi connectivity index (χ0n) is 5.82. The predicted molar refractivity (Wildman–Crippen MR) is 34.9 cm³/mol. The highest BCUT2D eigenvalue weighted by molar-refractivity contribution is 5.86. The van der Waals surface area contributed by atoms with E-state index in [-0.39, 0.29) is 11.9 Å². The molecule has 0 saturated heterocycles. The van der Waals surface area contributed by atoms with Crippen molar-refractivity contribution in [2.24, 2.45) is 0 Å². The Hall–Kier alpha value is -1.32. The molecule has 0 unspecified atom stereocenters. The van der Waals surface area contributed by atoms with Gasteiger partial charge >= 0.3 is 5.97 Å². The number of aromatic nitrogens is 1. The number of esters is 1. The van der Waals surface area contributed by atoms with Gasteiger partial charge in [0.25, 0.3) is 0 Å². The average molecular weight is 153 g/mol. The van der Waals surface area contributed by atoms with Gasteiger partial charge in [0, 0.05) is 0 Å². The number of hydrogen-bond acceptors (Lipinski definition) is 4. The van der Waals surface area contributed by atoms with Crippen molar-refractivity contribution < 1.29 is 13.9 Å². The van der Waals surface area contributed by atoms with Crippen LogP contribution < -0.4 is 0 Å². The van der Waals surface area contributed by atoms with Crippen LogP contribution in [0.15, 0.2) is 17.0 Å². The van der Waals surface area contributed by atoms with Gasteiger partial charge in [0.2, 0.25) is 5.76 Å². The number of carbonyl (C=O) groups excluding carboxylic acids is 1. The molecular formula is C7H7NO3. The predicted octanol–water partition coefficient (Wildman–Crippen LogP) is 0.994. The van der Waals surface area contributed by atoms with Crippen molar-refractivity contribution in [2.45, 2.75) is 18.9 Å². The lowest BCUT2D eigenvalue weighted by molar-refractivity contribution is 0.0436. The van der Waals surface area contributed by atoms with E-state index >= 15 is 0 Å². The molecule has 2 rings (SSSR count). The maximum absolute atomic E-state index is 11.0. The number of carbonyl (C=O) groups is 1. The average Bonchev–Trinajstić information content (AvgIpc) is 2.67. The van der Waals surface area contributed by atoms with Gasteiger partial charge in [0.1, 0.15) is 6.10 Å². The summed E-state index contributed by atoms with van der Waals surface area (Å²) in [6.45, 7) is 0. The monoisotopic (exact) mass is 153 g/mol. The molecule has 58 valence electrons. The lowest BCUT2D eigenvalue weighted by Crippen LogP contribution is -2.04. The van der Waals surface area contributed by atoms with Crippen molar-refractivity contribution >= 4 is 5.97 Å². The molecule has 0 aliphatic heterocycles. The van der Waals surface area contributed by atoms with Gasteiger partial charge in [-0.2, -0.15) is 0 Å². The Bertz CT molecular complexity index is 251. The summed E-state index contributed by atoms with van der Waals surface area (Å²) in [5.41, 5.74) is 0. The number of hydrogen-bond donors (Lipinski definition) is 0. The molecule has 0 aromatic carbocycles. The van der Waals surface area contributed by atoms with E-state index in [4.69, 9.17) is 9.15 Å². The van der Waals surface area contributed by atoms with Gasteiger partial charge in [-0.05, 0) is 12.8 Å². The Labute approximate surface area is 63.2 Å². The quantitative estimate of drug-likeness (QED) is 0.594. The molecule has 0 bridgehead atoms. The largest absolute Gasteiger partial charge is 0.456 e. The Morgan fingerprint density at radius 2 is 2.55 bits per heavy atom. The second kappa shape index (κ2) is 2.38. The van der Waals surface area contributed by atoms with Crippen LogP contribution >= 0.6 is 0 Å². The van der Waals surface area contributed by atoms with Gasteiger partial charge in [-0.1, -0.05) is 0 Å². The lowest BCUT2D eigenvalue weighted by atomic mass is 10.5. The molecule has 0 spiro atoms. The van der Waals surface area contributed by atoms with E-state index in [2.05, 4.69) is 4.98 Å². The third-order valence-corrected chi connectivity index (χ3v) is 1.43. The summed E-state index contributed by atoms with van der Waals surface area (Å²) >= 11 is 0. The maximum atomic E-state index is 11.0. The molecule has 0 atom stereocenters. The van der Waals surface area contributed by atoms with E-state index in [1.165, 1.54) is 12.6 Å². The van der Waals surface area contributed by atoms with Crippen molar-refractivity contribution in [3.63, 3.8) is 0 Å². The smallest absolute Gasteiger partial charge is 0.376 e. The molecule has 1 aliphatic carbocycles. The number of nitrogens with zero attached hydrogens (tertiary/aromatic N) is 1. The van der Waals surface area contributed by atoms with Crippen LogP contribution in [0.4, 0.5) is 0 Å². The Kier molecular flexibility index (Phi) is 1.38. The molecule has 4 nitrogen and oxygen atoms in total. The SMILES string of the molecule is O=C(OC1CC1)c1cnco1. The molecule has 0 radical (unpaired) electrons. The fraction of sp³-hybridized carbons (Fsp3) is 0.429. The van der Waals surface area contributed by atoms with Crippen molar-refractivity contribution in [3.05, 3.63) is 18.4 Å². The van der Waals surface area contributed by atoms with Crippen LogP contribution in [0.5, 0.6) is 0 Å². The first-order valence-corrected chi connectivity index (χ1v) is 3.46. The minimum absolute atomic E-state index is 0.118. The van der Waals surface area contributed by atoms with Gasteiger partial charge in [-0.3, -0.25) is 0 Å². The molecule has 1 aromatic heterocycles. The van der Waals surface area contributed by atoms with E-state index in [1.807, 2.05) is 0 Å². The van der Waals surface area contributed by atoms with Crippen LogP contribution in [0.25, 0.3) is 0 Å². The molecule has 1 saturated carbocycles. The first-order chi connectivity index (χ1) is 5.36. The molecule has 1 fully saturated rings. The molecule has 0 N–H and O–H groups in total. The zero-order chi connectivity index (χ0) is 7.68. The van der Waals surface area contributed by atoms with Crippen molar-refractivity contribution in [2.75, 3.05) is 0 Å². The van der Waals surface area contributed by atoms with Crippen LogP contribution in [0.2, 0.25) is 0 Å². The van der Waals surface area contributed by atoms with Crippen LogP contribution in [-0.2, 0) is 4.74 Å². The Morgan fingerprint density at radius 1 is 1.73 bits per heavy atom. The van der Waals surface area contributed by atoms with Crippen LogP contribution in [0.3, 0.4) is 0 Å². The fourth-order valence-electron chi connectivity index (χ4n) is 0.712. The van der Waals surface area contributed by atoms with E-state index in [1.54, 1.807) is 0 Å². The standard InChI is InChI=1S/C7H7NO3/c9-7(11-5-1-2-5)6-3-8-4-10-6/h3-5H,1-2H2. The highest BCUT2D eigenvalue weighted by Crippen LogP contribution is 2.24. The summed E-state index contributed by atoms with van der Waals surface area (Å²) in [4.78, 5) is 14.6.